The number of pyridine rings is 1. The number of likely N-dealkylation sites (tertiary alicyclic amines) is 1. The van der Waals surface area contributed by atoms with Gasteiger partial charge in [-0.15, -0.1) is 0 Å². The number of nitrogens with one attached hydrogen (secondary N) is 1. The van der Waals surface area contributed by atoms with Crippen molar-refractivity contribution in [2.75, 3.05) is 18.4 Å². The van der Waals surface area contributed by atoms with Crippen LogP contribution in [0.1, 0.15) is 46.0 Å². The number of hydrogen-bond acceptors (Lipinski definition) is 4. The third-order valence-electron chi connectivity index (χ3n) is 5.70. The monoisotopic (exact) mass is 429 g/mol. The minimum atomic E-state index is -0.191. The van der Waals surface area contributed by atoms with Crippen LogP contribution >= 0.6 is 0 Å². The summed E-state index contributed by atoms with van der Waals surface area (Å²) < 4.78 is 5.78. The largest absolute Gasteiger partial charge is 0.439 e. The summed E-state index contributed by atoms with van der Waals surface area (Å²) in [6.07, 6.45) is 3.66. The van der Waals surface area contributed by atoms with Crippen LogP contribution in [-0.2, 0) is 0 Å². The van der Waals surface area contributed by atoms with Gasteiger partial charge in [-0.1, -0.05) is 24.6 Å². The van der Waals surface area contributed by atoms with Crippen LogP contribution < -0.4 is 10.1 Å². The lowest BCUT2D eigenvalue weighted by molar-refractivity contribution is 0.0697. The van der Waals surface area contributed by atoms with E-state index >= 15 is 0 Å². The van der Waals surface area contributed by atoms with E-state index in [1.807, 2.05) is 24.0 Å². The van der Waals surface area contributed by atoms with Gasteiger partial charge in [0.15, 0.2) is 0 Å². The molecule has 2 heterocycles. The average molecular weight is 430 g/mol. The first kappa shape index (κ1) is 21.6. The number of carbonyl (C=O) groups is 2. The van der Waals surface area contributed by atoms with Crippen LogP contribution in [0.25, 0.3) is 0 Å². The van der Waals surface area contributed by atoms with E-state index in [-0.39, 0.29) is 11.8 Å². The van der Waals surface area contributed by atoms with Crippen LogP contribution in [0.15, 0.2) is 66.9 Å². The SMILES string of the molecule is Cc1ccc(C(=O)Nc2ccc(Oc3ccc(C(=O)N4CCC(C)CC4)cc3)nc2)cc1. The molecule has 164 valence electrons. The normalized spacial score (nSPS) is 14.1. The second kappa shape index (κ2) is 9.64. The fourth-order valence-corrected chi connectivity index (χ4v) is 3.60. The number of hydrogen-bond donors (Lipinski definition) is 1. The molecule has 1 N–H and O–H groups in total. The highest BCUT2D eigenvalue weighted by Gasteiger charge is 2.21. The first-order chi connectivity index (χ1) is 15.5. The number of rotatable bonds is 5. The zero-order chi connectivity index (χ0) is 22.5. The summed E-state index contributed by atoms with van der Waals surface area (Å²) in [5.74, 6) is 1.56. The maximum absolute atomic E-state index is 12.7. The average Bonchev–Trinajstić information content (AvgIpc) is 2.81. The second-order valence-electron chi connectivity index (χ2n) is 8.31. The maximum Gasteiger partial charge on any atom is 0.255 e. The molecule has 0 radical (unpaired) electrons. The summed E-state index contributed by atoms with van der Waals surface area (Å²) in [6, 6.07) is 17.9. The maximum atomic E-state index is 12.7. The van der Waals surface area contributed by atoms with Crippen LogP contribution in [0, 0.1) is 12.8 Å². The van der Waals surface area contributed by atoms with Gasteiger partial charge in [0.05, 0.1) is 11.9 Å². The van der Waals surface area contributed by atoms with Gasteiger partial charge in [-0.2, -0.15) is 0 Å². The highest BCUT2D eigenvalue weighted by Crippen LogP contribution is 2.23. The first-order valence-electron chi connectivity index (χ1n) is 10.9. The van der Waals surface area contributed by atoms with Gasteiger partial charge in [0.25, 0.3) is 11.8 Å². The van der Waals surface area contributed by atoms with Gasteiger partial charge in [0, 0.05) is 30.3 Å². The van der Waals surface area contributed by atoms with Crippen LogP contribution in [0.5, 0.6) is 11.6 Å². The third-order valence-corrected chi connectivity index (χ3v) is 5.70. The van der Waals surface area contributed by atoms with Crippen molar-refractivity contribution >= 4 is 17.5 Å². The summed E-state index contributed by atoms with van der Waals surface area (Å²) in [7, 11) is 0. The molecule has 0 spiro atoms. The lowest BCUT2D eigenvalue weighted by atomic mass is 9.98. The summed E-state index contributed by atoms with van der Waals surface area (Å²) in [5, 5.41) is 2.82. The smallest absolute Gasteiger partial charge is 0.255 e. The molecular formula is C26H27N3O3. The topological polar surface area (TPSA) is 71.5 Å². The van der Waals surface area contributed by atoms with E-state index in [9.17, 15) is 9.59 Å². The number of piperidine rings is 1. The predicted molar refractivity (Wildman–Crippen MR) is 124 cm³/mol. The summed E-state index contributed by atoms with van der Waals surface area (Å²) in [4.78, 5) is 31.2. The van der Waals surface area contributed by atoms with Gasteiger partial charge in [0.2, 0.25) is 5.88 Å². The van der Waals surface area contributed by atoms with E-state index in [1.165, 1.54) is 0 Å². The molecule has 4 rings (SSSR count). The number of benzene rings is 2. The van der Waals surface area contributed by atoms with Crippen LogP contribution in [0.3, 0.4) is 0 Å². The van der Waals surface area contributed by atoms with E-state index in [2.05, 4.69) is 17.2 Å². The molecular weight excluding hydrogens is 402 g/mol. The Morgan fingerprint density at radius 2 is 1.59 bits per heavy atom. The van der Waals surface area contributed by atoms with Gasteiger partial charge in [-0.05, 0) is 68.1 Å². The van der Waals surface area contributed by atoms with Crippen molar-refractivity contribution < 1.29 is 14.3 Å². The molecule has 1 fully saturated rings. The van der Waals surface area contributed by atoms with Crippen molar-refractivity contribution in [2.24, 2.45) is 5.92 Å². The second-order valence-corrected chi connectivity index (χ2v) is 8.31. The number of carbonyl (C=O) groups excluding carboxylic acids is 2. The van der Waals surface area contributed by atoms with Gasteiger partial charge < -0.3 is 15.0 Å². The van der Waals surface area contributed by atoms with Crippen molar-refractivity contribution in [3.63, 3.8) is 0 Å². The number of aryl methyl sites for hydroxylation is 1. The van der Waals surface area contributed by atoms with Gasteiger partial charge in [-0.3, -0.25) is 9.59 Å². The lowest BCUT2D eigenvalue weighted by Crippen LogP contribution is -2.37. The lowest BCUT2D eigenvalue weighted by Gasteiger charge is -2.30. The van der Waals surface area contributed by atoms with Crippen molar-refractivity contribution in [1.82, 2.24) is 9.88 Å². The van der Waals surface area contributed by atoms with Crippen molar-refractivity contribution in [1.29, 1.82) is 0 Å². The van der Waals surface area contributed by atoms with Gasteiger partial charge in [0.1, 0.15) is 5.75 Å². The Hall–Kier alpha value is -3.67. The number of anilines is 1. The molecule has 1 aliphatic rings. The molecule has 0 aliphatic carbocycles. The Kier molecular flexibility index (Phi) is 6.50. The molecule has 1 aliphatic heterocycles. The first-order valence-corrected chi connectivity index (χ1v) is 10.9. The summed E-state index contributed by atoms with van der Waals surface area (Å²) in [5.41, 5.74) is 2.93. The van der Waals surface area contributed by atoms with Crippen molar-refractivity contribution in [3.8, 4) is 11.6 Å². The van der Waals surface area contributed by atoms with Crippen molar-refractivity contribution in [3.05, 3.63) is 83.6 Å². The molecule has 3 aromatic rings. The molecule has 1 saturated heterocycles. The molecule has 2 amide bonds. The molecule has 0 atom stereocenters. The molecule has 0 unspecified atom stereocenters. The fraction of sp³-hybridized carbons (Fsp3) is 0.269. The number of nitrogens with zero attached hydrogens (tertiary/aromatic N) is 2. The number of ether oxygens (including phenoxy) is 1. The Labute approximate surface area is 188 Å². The van der Waals surface area contributed by atoms with Gasteiger partial charge >= 0.3 is 0 Å². The standard InChI is InChI=1S/C26H27N3O3/c1-18-3-5-20(6-4-18)25(30)28-22-9-12-24(27-17-22)32-23-10-7-21(8-11-23)26(31)29-15-13-19(2)14-16-29/h3-12,17,19H,13-16H2,1-2H3,(H,28,30). The Bertz CT molecular complexity index is 1070. The minimum absolute atomic E-state index is 0.0650. The molecule has 0 saturated carbocycles. The molecule has 2 aromatic carbocycles. The van der Waals surface area contributed by atoms with E-state index < -0.39 is 0 Å². The quantitative estimate of drug-likeness (QED) is 0.597. The van der Waals surface area contributed by atoms with E-state index in [0.29, 0.717) is 34.4 Å². The van der Waals surface area contributed by atoms with Crippen LogP contribution in [0.4, 0.5) is 5.69 Å². The van der Waals surface area contributed by atoms with Gasteiger partial charge in [-0.25, -0.2) is 4.98 Å². The Morgan fingerprint density at radius 1 is 0.938 bits per heavy atom. The van der Waals surface area contributed by atoms with E-state index in [4.69, 9.17) is 4.74 Å². The fourth-order valence-electron chi connectivity index (χ4n) is 3.60. The third kappa shape index (κ3) is 5.32. The molecule has 6 heteroatoms. The number of amides is 2. The van der Waals surface area contributed by atoms with Crippen LogP contribution in [0.2, 0.25) is 0 Å². The summed E-state index contributed by atoms with van der Waals surface area (Å²) in [6.45, 7) is 5.83. The van der Waals surface area contributed by atoms with E-state index in [1.54, 1.807) is 54.7 Å². The highest BCUT2D eigenvalue weighted by molar-refractivity contribution is 6.04. The summed E-state index contributed by atoms with van der Waals surface area (Å²) >= 11 is 0. The molecule has 0 bridgehead atoms. The Balaban J connectivity index is 1.33. The zero-order valence-electron chi connectivity index (χ0n) is 18.4. The predicted octanol–water partition coefficient (Wildman–Crippen LogP) is 5.31. The molecule has 32 heavy (non-hydrogen) atoms. The molecule has 1 aromatic heterocycles. The van der Waals surface area contributed by atoms with Crippen LogP contribution in [-0.4, -0.2) is 34.8 Å². The Morgan fingerprint density at radius 3 is 2.22 bits per heavy atom. The highest BCUT2D eigenvalue weighted by atomic mass is 16.5. The minimum Gasteiger partial charge on any atom is -0.439 e. The molecule has 6 nitrogen and oxygen atoms in total. The van der Waals surface area contributed by atoms with E-state index in [0.717, 1.165) is 31.5 Å². The van der Waals surface area contributed by atoms with Crippen molar-refractivity contribution in [2.45, 2.75) is 26.7 Å². The number of aromatic nitrogens is 1. The zero-order valence-corrected chi connectivity index (χ0v) is 18.4.